The van der Waals surface area contributed by atoms with Crippen LogP contribution in [-0.4, -0.2) is 127 Å². The van der Waals surface area contributed by atoms with Gasteiger partial charge in [0.25, 0.3) is 0 Å². The highest BCUT2D eigenvalue weighted by Gasteiger charge is 2.59. The van der Waals surface area contributed by atoms with Crippen molar-refractivity contribution in [1.82, 2.24) is 0 Å². The summed E-state index contributed by atoms with van der Waals surface area (Å²) in [7, 11) is 0. The van der Waals surface area contributed by atoms with E-state index in [0.717, 1.165) is 51.4 Å². The molecule has 0 aliphatic carbocycles. The van der Waals surface area contributed by atoms with Crippen LogP contribution in [0.3, 0.4) is 0 Å². The molecule has 0 spiro atoms. The Labute approximate surface area is 373 Å². The van der Waals surface area contributed by atoms with Crippen molar-refractivity contribution in [3.8, 4) is 0 Å². The summed E-state index contributed by atoms with van der Waals surface area (Å²) < 4.78 is 21.8. The molecule has 2 aliphatic heterocycles. The number of aliphatic carboxylic acids is 1. The summed E-state index contributed by atoms with van der Waals surface area (Å²) in [5.74, 6) is -3.50. The van der Waals surface area contributed by atoms with Crippen LogP contribution in [0.5, 0.6) is 0 Å². The van der Waals surface area contributed by atoms with Crippen LogP contribution in [0.25, 0.3) is 0 Å². The Balaban J connectivity index is 0.000000807. The van der Waals surface area contributed by atoms with Crippen molar-refractivity contribution in [3.05, 3.63) is 12.2 Å². The molecule has 0 bridgehead atoms. The van der Waals surface area contributed by atoms with E-state index >= 15 is 0 Å². The summed E-state index contributed by atoms with van der Waals surface area (Å²) in [4.78, 5) is 22.8. The highest BCUT2D eigenvalue weighted by molar-refractivity contribution is 5.69. The number of aliphatic hydroxyl groups is 7. The van der Waals surface area contributed by atoms with E-state index in [9.17, 15) is 45.3 Å². The lowest BCUT2D eigenvalue weighted by atomic mass is 9.99. The van der Waals surface area contributed by atoms with E-state index in [1.54, 1.807) is 0 Å². The Kier molecular flexibility index (Phi) is 35.3. The van der Waals surface area contributed by atoms with Crippen molar-refractivity contribution < 1.29 is 69.4 Å². The van der Waals surface area contributed by atoms with Gasteiger partial charge in [-0.05, 0) is 38.5 Å². The minimum absolute atomic E-state index is 0.108. The zero-order valence-electron chi connectivity index (χ0n) is 38.6. The largest absolute Gasteiger partial charge is 0.481 e. The molecule has 0 saturated carbocycles. The molecule has 9 atom stereocenters. The van der Waals surface area contributed by atoms with Crippen LogP contribution in [0, 0.1) is 0 Å². The molecule has 366 valence electrons. The number of carbonyl (C=O) groups is 2. The summed E-state index contributed by atoms with van der Waals surface area (Å²) in [5.41, 5.74) is 0. The van der Waals surface area contributed by atoms with E-state index in [2.05, 4.69) is 26.0 Å². The van der Waals surface area contributed by atoms with Gasteiger partial charge in [-0.1, -0.05) is 167 Å². The van der Waals surface area contributed by atoms with Gasteiger partial charge in [-0.3, -0.25) is 9.59 Å². The fourth-order valence-corrected chi connectivity index (χ4v) is 7.86. The third kappa shape index (κ3) is 25.7. The molecule has 2 heterocycles. The lowest BCUT2D eigenvalue weighted by Gasteiger charge is -2.43. The van der Waals surface area contributed by atoms with Gasteiger partial charge in [-0.15, -0.1) is 0 Å². The molecule has 0 radical (unpaired) electrons. The fourth-order valence-electron chi connectivity index (χ4n) is 7.86. The van der Waals surface area contributed by atoms with Gasteiger partial charge in [0.05, 0.1) is 13.2 Å². The number of unbranched alkanes of at least 4 members (excludes halogenated alkanes) is 25. The molecule has 14 nitrogen and oxygen atoms in total. The Morgan fingerprint density at radius 1 is 0.532 bits per heavy atom. The molecule has 2 saturated heterocycles. The first-order chi connectivity index (χ1) is 30.0. The van der Waals surface area contributed by atoms with Crippen molar-refractivity contribution >= 4 is 11.9 Å². The van der Waals surface area contributed by atoms with Crippen LogP contribution in [0.2, 0.25) is 0 Å². The number of carbonyl (C=O) groups excluding carboxylic acids is 1. The van der Waals surface area contributed by atoms with E-state index < -0.39 is 86.6 Å². The summed E-state index contributed by atoms with van der Waals surface area (Å²) in [6, 6.07) is 0. The third-order valence-corrected chi connectivity index (χ3v) is 11.9. The van der Waals surface area contributed by atoms with Crippen LogP contribution in [0.4, 0.5) is 0 Å². The van der Waals surface area contributed by atoms with Crippen molar-refractivity contribution in [1.29, 1.82) is 0 Å². The first kappa shape index (κ1) is 58.3. The zero-order chi connectivity index (χ0) is 45.9. The van der Waals surface area contributed by atoms with Gasteiger partial charge in [0.1, 0.15) is 49.3 Å². The van der Waals surface area contributed by atoms with Gasteiger partial charge in [-0.25, -0.2) is 0 Å². The minimum Gasteiger partial charge on any atom is -0.481 e. The first-order valence-corrected chi connectivity index (χ1v) is 24.6. The number of carboxylic acids is 1. The van der Waals surface area contributed by atoms with E-state index in [4.69, 9.17) is 24.1 Å². The van der Waals surface area contributed by atoms with E-state index in [-0.39, 0.29) is 6.42 Å². The van der Waals surface area contributed by atoms with Crippen molar-refractivity contribution in [2.45, 2.75) is 261 Å². The monoisotopic (exact) mass is 891 g/mol. The van der Waals surface area contributed by atoms with E-state index in [1.165, 1.54) is 122 Å². The molecule has 2 fully saturated rings. The van der Waals surface area contributed by atoms with Gasteiger partial charge in [0, 0.05) is 12.8 Å². The molecular weight excluding hydrogens is 801 g/mol. The van der Waals surface area contributed by atoms with E-state index in [1.807, 2.05) is 0 Å². The Morgan fingerprint density at radius 2 is 0.952 bits per heavy atom. The summed E-state index contributed by atoms with van der Waals surface area (Å²) >= 11 is 0. The second-order valence-corrected chi connectivity index (χ2v) is 17.5. The number of hydrogen-bond donors (Lipinski definition) is 8. The van der Waals surface area contributed by atoms with Crippen LogP contribution in [0.1, 0.15) is 206 Å². The maximum atomic E-state index is 12.4. The van der Waals surface area contributed by atoms with Gasteiger partial charge in [0.15, 0.2) is 6.29 Å². The predicted octanol–water partition coefficient (Wildman–Crippen LogP) is 7.53. The fraction of sp³-hybridized carbons (Fsp3) is 0.917. The number of ether oxygens (including phenoxy) is 4. The lowest BCUT2D eigenvalue weighted by Crippen LogP contribution is -2.62. The van der Waals surface area contributed by atoms with Gasteiger partial charge < -0.3 is 59.8 Å². The molecule has 14 heteroatoms. The average Bonchev–Trinajstić information content (AvgIpc) is 3.50. The zero-order valence-corrected chi connectivity index (χ0v) is 38.6. The lowest BCUT2D eigenvalue weighted by molar-refractivity contribution is -0.383. The van der Waals surface area contributed by atoms with Gasteiger partial charge in [-0.2, -0.15) is 0 Å². The van der Waals surface area contributed by atoms with E-state index in [0.29, 0.717) is 12.8 Å². The first-order valence-electron chi connectivity index (χ1n) is 24.6. The number of aliphatic hydroxyl groups excluding tert-OH is 7. The summed E-state index contributed by atoms with van der Waals surface area (Å²) in [6.07, 6.45) is 26.4. The Hall–Kier alpha value is -1.72. The molecule has 0 aromatic heterocycles. The highest BCUT2D eigenvalue weighted by atomic mass is 16.8. The molecule has 0 aromatic carbocycles. The Morgan fingerprint density at radius 3 is 1.37 bits per heavy atom. The third-order valence-electron chi connectivity index (χ3n) is 11.9. The second-order valence-electron chi connectivity index (χ2n) is 17.5. The van der Waals surface area contributed by atoms with Crippen molar-refractivity contribution in [2.24, 2.45) is 0 Å². The molecule has 0 amide bonds. The molecule has 62 heavy (non-hydrogen) atoms. The standard InChI is InChI=1S/C30H54O12.C18H36O2/c1-2-3-4-5-6-7-8-9-10-11-12-13-14-15-16-17-23(33)39-20-30(28(38)25(35)22(19-32)41-30)42-29-27(37)26(36)24(34)21(18-31)40-29;1-2-3-4-5-6-7-8-9-10-11-12-13-14-15-16-17-18(19)20/h9-10,21-22,24-29,31-32,34-38H,2-8,11-20H2,1H3;2-17H2,1H3,(H,19,20)/b10-9-;/t21-,22-,24-,25-,26+,27-,28+,29-,30+;/m1./s1. The topological polar surface area (TPSA) is 233 Å². The van der Waals surface area contributed by atoms with Crippen LogP contribution < -0.4 is 0 Å². The maximum Gasteiger partial charge on any atom is 0.305 e. The minimum atomic E-state index is -2.25. The molecule has 2 aliphatic rings. The number of hydrogen-bond acceptors (Lipinski definition) is 13. The predicted molar refractivity (Wildman–Crippen MR) is 239 cm³/mol. The summed E-state index contributed by atoms with van der Waals surface area (Å²) in [5, 5.41) is 78.9. The average molecular weight is 891 g/mol. The second kappa shape index (κ2) is 37.5. The normalized spacial score (nSPS) is 26.1. The molecular formula is C48H90O14. The Bertz CT molecular complexity index is 1110. The summed E-state index contributed by atoms with van der Waals surface area (Å²) in [6.45, 7) is 2.38. The highest BCUT2D eigenvalue weighted by Crippen LogP contribution is 2.37. The number of rotatable bonds is 37. The maximum absolute atomic E-state index is 12.4. The molecule has 0 aromatic rings. The van der Waals surface area contributed by atoms with Gasteiger partial charge in [0.2, 0.25) is 5.79 Å². The number of allylic oxidation sites excluding steroid dienone is 2. The molecule has 8 N–H and O–H groups in total. The van der Waals surface area contributed by atoms with Crippen LogP contribution >= 0.6 is 0 Å². The quantitative estimate of drug-likeness (QED) is 0.0171. The van der Waals surface area contributed by atoms with Crippen molar-refractivity contribution in [2.75, 3.05) is 19.8 Å². The smallest absolute Gasteiger partial charge is 0.305 e. The number of esters is 1. The SMILES string of the molecule is CCCCCCCC/C=C\CCCCCCCC(=O)OC[C@@]1(O[C@H]2O[C@H](CO)[C@@H](O)[C@H](O)[C@H]2O)O[C@H](CO)[C@@H](O)[C@@H]1O.CCCCCCCCCCCCCCCCCC(=O)O. The van der Waals surface area contributed by atoms with Gasteiger partial charge >= 0.3 is 11.9 Å². The van der Waals surface area contributed by atoms with Crippen molar-refractivity contribution in [3.63, 3.8) is 0 Å². The number of carboxylic acid groups (broad SMARTS) is 1. The van der Waals surface area contributed by atoms with Crippen LogP contribution in [0.15, 0.2) is 12.2 Å². The van der Waals surface area contributed by atoms with Crippen LogP contribution in [-0.2, 0) is 28.5 Å². The molecule has 2 rings (SSSR count). The molecule has 0 unspecified atom stereocenters.